The number of benzene rings is 9. The van der Waals surface area contributed by atoms with Crippen LogP contribution in [0.5, 0.6) is 0 Å². The molecule has 0 saturated carbocycles. The summed E-state index contributed by atoms with van der Waals surface area (Å²) in [5, 5.41) is 9.01. The van der Waals surface area contributed by atoms with Crippen LogP contribution in [0.15, 0.2) is 205 Å². The molecule has 0 saturated heterocycles. The van der Waals surface area contributed by atoms with Crippen molar-refractivity contribution >= 4 is 76.3 Å². The van der Waals surface area contributed by atoms with Gasteiger partial charge in [-0.05, 0) is 64.9 Å². The van der Waals surface area contributed by atoms with E-state index in [1.807, 2.05) is 24.3 Å². The van der Waals surface area contributed by atoms with Crippen molar-refractivity contribution < 1.29 is 4.42 Å². The van der Waals surface area contributed by atoms with Gasteiger partial charge in [-0.1, -0.05) is 152 Å². The minimum atomic E-state index is 0.566. The summed E-state index contributed by atoms with van der Waals surface area (Å²) in [7, 11) is 0. The molecule has 6 nitrogen and oxygen atoms in total. The van der Waals surface area contributed by atoms with E-state index in [0.717, 1.165) is 98.9 Å². The van der Waals surface area contributed by atoms with Crippen LogP contribution in [0.2, 0.25) is 0 Å². The quantitative estimate of drug-likeness (QED) is 0.175. The number of aromatic nitrogens is 5. The highest BCUT2D eigenvalue weighted by Gasteiger charge is 2.23. The smallest absolute Gasteiger partial charge is 0.238 e. The second-order valence-electron chi connectivity index (χ2n) is 15.6. The van der Waals surface area contributed by atoms with Crippen molar-refractivity contribution in [2.24, 2.45) is 0 Å². The number of rotatable bonds is 5. The SMILES string of the molecule is c1ccc(-c2nc(-c3ccc4ccccc4c3)nc(-n3c4ccccc4c4cc5c(cc43)c3ccccc3n5-c3cc(-c4ccccc4)c4oc5ccccc5c4c3)n2)cc1. The molecule has 0 aliphatic rings. The molecule has 0 amide bonds. The average Bonchev–Trinajstić information content (AvgIpc) is 3.98. The molecule has 0 aliphatic heterocycles. The molecule has 284 valence electrons. The lowest BCUT2D eigenvalue weighted by Gasteiger charge is -2.12. The van der Waals surface area contributed by atoms with Crippen LogP contribution >= 0.6 is 0 Å². The molecule has 0 unspecified atom stereocenters. The maximum absolute atomic E-state index is 6.60. The number of para-hydroxylation sites is 3. The van der Waals surface area contributed by atoms with E-state index in [1.165, 1.54) is 5.39 Å². The monoisotopic (exact) mass is 779 g/mol. The highest BCUT2D eigenvalue weighted by molar-refractivity contribution is 6.19. The molecule has 0 aliphatic carbocycles. The maximum Gasteiger partial charge on any atom is 0.238 e. The Hall–Kier alpha value is -8.35. The molecular formula is C55H33N5O. The fraction of sp³-hybridized carbons (Fsp3) is 0. The fourth-order valence-corrected chi connectivity index (χ4v) is 9.34. The Balaban J connectivity index is 1.10. The average molecular weight is 780 g/mol. The van der Waals surface area contributed by atoms with Gasteiger partial charge in [0, 0.05) is 54.7 Å². The van der Waals surface area contributed by atoms with Crippen molar-refractivity contribution in [2.45, 2.75) is 0 Å². The second-order valence-corrected chi connectivity index (χ2v) is 15.6. The highest BCUT2D eigenvalue weighted by atomic mass is 16.3. The molecule has 0 bridgehead atoms. The van der Waals surface area contributed by atoms with Gasteiger partial charge < -0.3 is 8.98 Å². The lowest BCUT2D eigenvalue weighted by atomic mass is 10.0. The minimum absolute atomic E-state index is 0.566. The Labute approximate surface area is 349 Å². The van der Waals surface area contributed by atoms with Crippen molar-refractivity contribution in [1.82, 2.24) is 24.1 Å². The van der Waals surface area contributed by atoms with E-state index in [0.29, 0.717) is 17.6 Å². The topological polar surface area (TPSA) is 61.7 Å². The first-order valence-corrected chi connectivity index (χ1v) is 20.5. The number of fused-ring (bicyclic) bond motifs is 10. The molecule has 0 radical (unpaired) electrons. The van der Waals surface area contributed by atoms with Crippen LogP contribution in [-0.2, 0) is 0 Å². The molecule has 4 aromatic heterocycles. The van der Waals surface area contributed by atoms with Crippen LogP contribution in [0, 0.1) is 0 Å². The lowest BCUT2D eigenvalue weighted by molar-refractivity contribution is 0.670. The molecule has 0 N–H and O–H groups in total. The van der Waals surface area contributed by atoms with Crippen LogP contribution in [0.1, 0.15) is 0 Å². The van der Waals surface area contributed by atoms with E-state index < -0.39 is 0 Å². The second kappa shape index (κ2) is 13.1. The van der Waals surface area contributed by atoms with Gasteiger partial charge >= 0.3 is 0 Å². The van der Waals surface area contributed by atoms with Gasteiger partial charge in [0.1, 0.15) is 11.2 Å². The summed E-state index contributed by atoms with van der Waals surface area (Å²) >= 11 is 0. The van der Waals surface area contributed by atoms with Gasteiger partial charge in [-0.3, -0.25) is 4.57 Å². The summed E-state index contributed by atoms with van der Waals surface area (Å²) in [4.78, 5) is 15.6. The molecule has 6 heteroatoms. The third-order valence-corrected chi connectivity index (χ3v) is 12.1. The van der Waals surface area contributed by atoms with Gasteiger partial charge in [-0.15, -0.1) is 0 Å². The molecule has 13 aromatic rings. The van der Waals surface area contributed by atoms with Gasteiger partial charge in [0.25, 0.3) is 0 Å². The van der Waals surface area contributed by atoms with Crippen LogP contribution < -0.4 is 0 Å². The zero-order valence-electron chi connectivity index (χ0n) is 32.7. The summed E-state index contributed by atoms with van der Waals surface area (Å²) < 4.78 is 11.2. The first kappa shape index (κ1) is 33.6. The molecule has 61 heavy (non-hydrogen) atoms. The Bertz CT molecular complexity index is 3880. The minimum Gasteiger partial charge on any atom is -0.455 e. The largest absolute Gasteiger partial charge is 0.455 e. The first-order chi connectivity index (χ1) is 30.2. The maximum atomic E-state index is 6.60. The van der Waals surface area contributed by atoms with Gasteiger partial charge in [0.2, 0.25) is 5.95 Å². The van der Waals surface area contributed by atoms with Crippen LogP contribution in [-0.4, -0.2) is 24.1 Å². The van der Waals surface area contributed by atoms with Crippen molar-refractivity contribution in [1.29, 1.82) is 0 Å². The van der Waals surface area contributed by atoms with Crippen molar-refractivity contribution in [3.63, 3.8) is 0 Å². The third kappa shape index (κ3) is 5.19. The summed E-state index contributed by atoms with van der Waals surface area (Å²) in [5.74, 6) is 1.81. The highest BCUT2D eigenvalue weighted by Crippen LogP contribution is 2.43. The third-order valence-electron chi connectivity index (χ3n) is 12.1. The van der Waals surface area contributed by atoms with Crippen molar-refractivity contribution in [3.8, 4) is 45.5 Å². The predicted octanol–water partition coefficient (Wildman–Crippen LogP) is 14.1. The molecule has 9 aromatic carbocycles. The molecule has 0 spiro atoms. The van der Waals surface area contributed by atoms with Crippen LogP contribution in [0.3, 0.4) is 0 Å². The van der Waals surface area contributed by atoms with E-state index >= 15 is 0 Å². The molecule has 13 rings (SSSR count). The Kier molecular flexibility index (Phi) is 7.21. The van der Waals surface area contributed by atoms with Crippen molar-refractivity contribution in [3.05, 3.63) is 200 Å². The summed E-state index contributed by atoms with van der Waals surface area (Å²) in [6.45, 7) is 0. The van der Waals surface area contributed by atoms with E-state index in [9.17, 15) is 0 Å². The number of nitrogens with zero attached hydrogens (tertiary/aromatic N) is 5. The van der Waals surface area contributed by atoms with E-state index in [-0.39, 0.29) is 0 Å². The Morgan fingerprint density at radius 2 is 0.918 bits per heavy atom. The fourth-order valence-electron chi connectivity index (χ4n) is 9.34. The zero-order valence-corrected chi connectivity index (χ0v) is 32.7. The normalized spacial score (nSPS) is 11.9. The van der Waals surface area contributed by atoms with Gasteiger partial charge in [-0.25, -0.2) is 4.98 Å². The van der Waals surface area contributed by atoms with Crippen LogP contribution in [0.25, 0.3) is 122 Å². The zero-order chi connectivity index (χ0) is 40.0. The standard InChI is InChI=1S/C55H33N5O/c1-3-16-35(17-4-1)43-30-39(31-46-42-23-11-14-26-51(42)61-52(43)46)59-47-24-12-9-21-40(47)44-33-50-45(32-49(44)59)41-22-10-13-25-48(41)60(50)55-57-53(36-18-5-2-6-19-36)56-54(58-55)38-28-27-34-15-7-8-20-37(34)29-38/h1-33H. The lowest BCUT2D eigenvalue weighted by Crippen LogP contribution is -2.06. The Morgan fingerprint density at radius 1 is 0.344 bits per heavy atom. The number of furan rings is 1. The number of hydrogen-bond donors (Lipinski definition) is 0. The van der Waals surface area contributed by atoms with Crippen molar-refractivity contribution in [2.75, 3.05) is 0 Å². The molecular weight excluding hydrogens is 747 g/mol. The summed E-state index contributed by atoms with van der Waals surface area (Å²) in [5.41, 5.74) is 11.1. The van der Waals surface area contributed by atoms with E-state index in [1.54, 1.807) is 0 Å². The molecule has 4 heterocycles. The Morgan fingerprint density at radius 3 is 1.66 bits per heavy atom. The molecule has 0 fully saturated rings. The summed E-state index contributed by atoms with van der Waals surface area (Å²) in [6.07, 6.45) is 0. The number of hydrogen-bond acceptors (Lipinski definition) is 4. The predicted molar refractivity (Wildman–Crippen MR) is 250 cm³/mol. The summed E-state index contributed by atoms with van der Waals surface area (Å²) in [6, 6.07) is 70.4. The first-order valence-electron chi connectivity index (χ1n) is 20.5. The van der Waals surface area contributed by atoms with Gasteiger partial charge in [0.15, 0.2) is 11.6 Å². The molecule has 0 atom stereocenters. The van der Waals surface area contributed by atoms with E-state index in [4.69, 9.17) is 19.4 Å². The van der Waals surface area contributed by atoms with Gasteiger partial charge in [-0.2, -0.15) is 9.97 Å². The van der Waals surface area contributed by atoms with Gasteiger partial charge in [0.05, 0.1) is 22.1 Å². The van der Waals surface area contributed by atoms with Crippen LogP contribution in [0.4, 0.5) is 0 Å². The van der Waals surface area contributed by atoms with E-state index in [2.05, 4.69) is 185 Å².